The van der Waals surface area contributed by atoms with Crippen LogP contribution in [0.1, 0.15) is 18.9 Å². The SMILES string of the molecule is CCCN(CCO)c1ccc(C(F)(F)F)cn1. The molecule has 0 fully saturated rings. The van der Waals surface area contributed by atoms with Gasteiger partial charge in [-0.1, -0.05) is 6.92 Å². The van der Waals surface area contributed by atoms with Crippen LogP contribution >= 0.6 is 0 Å². The van der Waals surface area contributed by atoms with E-state index in [0.717, 1.165) is 18.7 Å². The standard InChI is InChI=1S/C11H15F3N2O/c1-2-5-16(6-7-17)10-4-3-9(8-15-10)11(12,13)14/h3-4,8,17H,2,5-7H2,1H3. The van der Waals surface area contributed by atoms with Crippen molar-refractivity contribution in [2.45, 2.75) is 19.5 Å². The van der Waals surface area contributed by atoms with Crippen LogP contribution in [0.5, 0.6) is 0 Å². The number of rotatable bonds is 5. The molecule has 0 saturated carbocycles. The van der Waals surface area contributed by atoms with Crippen LogP contribution in [-0.2, 0) is 6.18 Å². The summed E-state index contributed by atoms with van der Waals surface area (Å²) in [5.41, 5.74) is -0.762. The average molecular weight is 248 g/mol. The summed E-state index contributed by atoms with van der Waals surface area (Å²) in [7, 11) is 0. The molecule has 1 N–H and O–H groups in total. The summed E-state index contributed by atoms with van der Waals surface area (Å²) >= 11 is 0. The molecule has 17 heavy (non-hydrogen) atoms. The first kappa shape index (κ1) is 13.8. The van der Waals surface area contributed by atoms with Crippen LogP contribution in [0.25, 0.3) is 0 Å². The Labute approximate surface area is 97.9 Å². The first-order valence-electron chi connectivity index (χ1n) is 5.38. The molecule has 0 spiro atoms. The van der Waals surface area contributed by atoms with Gasteiger partial charge in [0.15, 0.2) is 0 Å². The highest BCUT2D eigenvalue weighted by Crippen LogP contribution is 2.29. The van der Waals surface area contributed by atoms with Gasteiger partial charge in [0, 0.05) is 19.3 Å². The molecule has 0 amide bonds. The lowest BCUT2D eigenvalue weighted by Crippen LogP contribution is -2.28. The maximum absolute atomic E-state index is 12.3. The molecule has 1 aromatic rings. The molecule has 0 bridgehead atoms. The quantitative estimate of drug-likeness (QED) is 0.868. The van der Waals surface area contributed by atoms with Gasteiger partial charge in [-0.15, -0.1) is 0 Å². The van der Waals surface area contributed by atoms with Crippen LogP contribution in [0.15, 0.2) is 18.3 Å². The molecule has 0 aliphatic carbocycles. The van der Waals surface area contributed by atoms with Crippen molar-refractivity contribution in [3.05, 3.63) is 23.9 Å². The number of halogens is 3. The summed E-state index contributed by atoms with van der Waals surface area (Å²) in [6.07, 6.45) is -2.71. The second-order valence-electron chi connectivity index (χ2n) is 3.61. The Bertz CT molecular complexity index is 332. The number of aliphatic hydroxyl groups is 1. The molecule has 0 aliphatic heterocycles. The largest absolute Gasteiger partial charge is 0.417 e. The fourth-order valence-electron chi connectivity index (χ4n) is 1.47. The number of hydrogen-bond acceptors (Lipinski definition) is 3. The monoisotopic (exact) mass is 248 g/mol. The van der Waals surface area contributed by atoms with Crippen molar-refractivity contribution in [3.8, 4) is 0 Å². The molecule has 0 saturated heterocycles. The maximum Gasteiger partial charge on any atom is 0.417 e. The van der Waals surface area contributed by atoms with E-state index in [1.807, 2.05) is 6.92 Å². The van der Waals surface area contributed by atoms with Gasteiger partial charge >= 0.3 is 6.18 Å². The molecule has 3 nitrogen and oxygen atoms in total. The predicted molar refractivity (Wildman–Crippen MR) is 58.8 cm³/mol. The van der Waals surface area contributed by atoms with Crippen LogP contribution < -0.4 is 4.90 Å². The second-order valence-corrected chi connectivity index (χ2v) is 3.61. The highest BCUT2D eigenvalue weighted by molar-refractivity contribution is 5.39. The number of pyridine rings is 1. The highest BCUT2D eigenvalue weighted by atomic mass is 19.4. The molecule has 0 atom stereocenters. The zero-order valence-electron chi connectivity index (χ0n) is 9.54. The third-order valence-corrected chi connectivity index (χ3v) is 2.26. The molecule has 0 aliphatic rings. The molecule has 96 valence electrons. The Kier molecular flexibility index (Phi) is 4.74. The van der Waals surface area contributed by atoms with E-state index < -0.39 is 11.7 Å². The lowest BCUT2D eigenvalue weighted by atomic mass is 10.2. The van der Waals surface area contributed by atoms with Gasteiger partial charge in [-0.05, 0) is 18.6 Å². The number of anilines is 1. The Morgan fingerprint density at radius 2 is 2.00 bits per heavy atom. The molecule has 1 heterocycles. The van der Waals surface area contributed by atoms with E-state index in [-0.39, 0.29) is 6.61 Å². The fraction of sp³-hybridized carbons (Fsp3) is 0.545. The van der Waals surface area contributed by atoms with Crippen molar-refractivity contribution in [1.82, 2.24) is 4.98 Å². The number of aromatic nitrogens is 1. The highest BCUT2D eigenvalue weighted by Gasteiger charge is 2.30. The van der Waals surface area contributed by atoms with Gasteiger partial charge in [-0.3, -0.25) is 0 Å². The number of hydrogen-bond donors (Lipinski definition) is 1. The van der Waals surface area contributed by atoms with Crippen molar-refractivity contribution in [3.63, 3.8) is 0 Å². The molecule has 6 heteroatoms. The van der Waals surface area contributed by atoms with Gasteiger partial charge < -0.3 is 10.0 Å². The lowest BCUT2D eigenvalue weighted by molar-refractivity contribution is -0.137. The van der Waals surface area contributed by atoms with Crippen LogP contribution in [-0.4, -0.2) is 29.8 Å². The Morgan fingerprint density at radius 1 is 1.29 bits per heavy atom. The van der Waals surface area contributed by atoms with Gasteiger partial charge in [0.2, 0.25) is 0 Å². The minimum absolute atomic E-state index is 0.0529. The van der Waals surface area contributed by atoms with E-state index in [9.17, 15) is 13.2 Å². The fourth-order valence-corrected chi connectivity index (χ4v) is 1.47. The smallest absolute Gasteiger partial charge is 0.395 e. The molecule has 0 radical (unpaired) electrons. The van der Waals surface area contributed by atoms with Gasteiger partial charge in [0.05, 0.1) is 12.2 Å². The van der Waals surface area contributed by atoms with Crippen molar-refractivity contribution < 1.29 is 18.3 Å². The molecule has 0 unspecified atom stereocenters. The minimum atomic E-state index is -4.36. The first-order chi connectivity index (χ1) is 7.99. The zero-order chi connectivity index (χ0) is 12.9. The minimum Gasteiger partial charge on any atom is -0.395 e. The summed E-state index contributed by atoms with van der Waals surface area (Å²) in [4.78, 5) is 5.53. The average Bonchev–Trinajstić information content (AvgIpc) is 2.28. The Morgan fingerprint density at radius 3 is 2.41 bits per heavy atom. The van der Waals surface area contributed by atoms with E-state index in [0.29, 0.717) is 18.9 Å². The molecule has 1 rings (SSSR count). The van der Waals surface area contributed by atoms with Crippen LogP contribution in [0.3, 0.4) is 0 Å². The van der Waals surface area contributed by atoms with E-state index >= 15 is 0 Å². The molecule has 1 aromatic heterocycles. The van der Waals surface area contributed by atoms with Crippen LogP contribution in [0, 0.1) is 0 Å². The second kappa shape index (κ2) is 5.86. The Balaban J connectivity index is 2.84. The van der Waals surface area contributed by atoms with E-state index in [4.69, 9.17) is 5.11 Å². The number of alkyl halides is 3. The van der Waals surface area contributed by atoms with E-state index in [1.165, 1.54) is 6.07 Å². The number of nitrogens with zero attached hydrogens (tertiary/aromatic N) is 2. The molecular weight excluding hydrogens is 233 g/mol. The first-order valence-corrected chi connectivity index (χ1v) is 5.38. The third kappa shape index (κ3) is 3.89. The molecule has 0 aromatic carbocycles. The van der Waals surface area contributed by atoms with Crippen molar-refractivity contribution in [2.75, 3.05) is 24.6 Å². The van der Waals surface area contributed by atoms with Gasteiger partial charge in [0.1, 0.15) is 5.82 Å². The van der Waals surface area contributed by atoms with E-state index in [1.54, 1.807) is 4.90 Å². The predicted octanol–water partition coefficient (Wildman–Crippen LogP) is 2.31. The van der Waals surface area contributed by atoms with Crippen LogP contribution in [0.4, 0.5) is 19.0 Å². The summed E-state index contributed by atoms with van der Waals surface area (Å²) < 4.78 is 37.0. The summed E-state index contributed by atoms with van der Waals surface area (Å²) in [6, 6.07) is 2.33. The van der Waals surface area contributed by atoms with E-state index in [2.05, 4.69) is 4.98 Å². The summed E-state index contributed by atoms with van der Waals surface area (Å²) in [5.74, 6) is 0.453. The lowest BCUT2D eigenvalue weighted by Gasteiger charge is -2.22. The van der Waals surface area contributed by atoms with Gasteiger partial charge in [-0.25, -0.2) is 4.98 Å². The van der Waals surface area contributed by atoms with Crippen molar-refractivity contribution in [1.29, 1.82) is 0 Å². The summed E-state index contributed by atoms with van der Waals surface area (Å²) in [6.45, 7) is 2.92. The van der Waals surface area contributed by atoms with Crippen LogP contribution in [0.2, 0.25) is 0 Å². The van der Waals surface area contributed by atoms with Gasteiger partial charge in [-0.2, -0.15) is 13.2 Å². The summed E-state index contributed by atoms with van der Waals surface area (Å²) in [5, 5.41) is 8.86. The Hall–Kier alpha value is -1.30. The third-order valence-electron chi connectivity index (χ3n) is 2.26. The topological polar surface area (TPSA) is 36.4 Å². The van der Waals surface area contributed by atoms with Crippen molar-refractivity contribution >= 4 is 5.82 Å². The maximum atomic E-state index is 12.3. The number of aliphatic hydroxyl groups excluding tert-OH is 1. The molecular formula is C11H15F3N2O. The zero-order valence-corrected chi connectivity index (χ0v) is 9.54. The normalized spacial score (nSPS) is 11.6. The van der Waals surface area contributed by atoms with Crippen molar-refractivity contribution in [2.24, 2.45) is 0 Å². The van der Waals surface area contributed by atoms with Gasteiger partial charge in [0.25, 0.3) is 0 Å².